The molecule has 4 heteroatoms. The average Bonchev–Trinajstić information content (AvgIpc) is 3.29. The van der Waals surface area contributed by atoms with Crippen LogP contribution < -0.4 is 14.8 Å². The second kappa shape index (κ2) is 5.54. The van der Waals surface area contributed by atoms with E-state index in [1.54, 1.807) is 0 Å². The molecule has 0 radical (unpaired) electrons. The van der Waals surface area contributed by atoms with Gasteiger partial charge < -0.3 is 14.8 Å². The second-order valence-corrected chi connectivity index (χ2v) is 7.70. The van der Waals surface area contributed by atoms with E-state index in [-0.39, 0.29) is 12.6 Å². The van der Waals surface area contributed by atoms with E-state index in [9.17, 15) is 4.79 Å². The number of ether oxygens (including phenoxy) is 2. The van der Waals surface area contributed by atoms with Gasteiger partial charge in [0.25, 0.3) is 0 Å². The van der Waals surface area contributed by atoms with Crippen molar-refractivity contribution in [3.05, 3.63) is 29.3 Å². The molecule has 0 saturated heterocycles. The quantitative estimate of drug-likeness (QED) is 0.866. The summed E-state index contributed by atoms with van der Waals surface area (Å²) in [6.07, 6.45) is 8.84. The minimum atomic E-state index is 0.264. The maximum absolute atomic E-state index is 12.6. The first-order valence-corrected chi connectivity index (χ1v) is 9.17. The standard InChI is InChI=1S/C20H23NO3/c22-16(7-15-6-12-1-2-13(15)5-12)9-18-17-10-20-19(23-11-24-20)8-14(17)3-4-21-18/h8-10,12-13,15,21H,1-7,11H2/b18-9-/t12-,13+,15-/m0/s1. The molecule has 2 heterocycles. The highest BCUT2D eigenvalue weighted by Crippen LogP contribution is 2.49. The van der Waals surface area contributed by atoms with Crippen LogP contribution >= 0.6 is 0 Å². The van der Waals surface area contributed by atoms with Gasteiger partial charge >= 0.3 is 0 Å². The van der Waals surface area contributed by atoms with Crippen LogP contribution in [0.3, 0.4) is 0 Å². The Bertz CT molecular complexity index is 724. The van der Waals surface area contributed by atoms with Crippen LogP contribution in [0.5, 0.6) is 11.5 Å². The van der Waals surface area contributed by atoms with Crippen molar-refractivity contribution in [2.75, 3.05) is 13.3 Å². The lowest BCUT2D eigenvalue weighted by atomic mass is 9.85. The minimum Gasteiger partial charge on any atom is -0.454 e. The van der Waals surface area contributed by atoms with Crippen LogP contribution in [0, 0.1) is 17.8 Å². The normalized spacial score (nSPS) is 31.2. The molecule has 4 nitrogen and oxygen atoms in total. The smallest absolute Gasteiger partial charge is 0.231 e. The molecule has 2 bridgehead atoms. The molecule has 0 amide bonds. The van der Waals surface area contributed by atoms with Crippen molar-refractivity contribution in [2.24, 2.45) is 17.8 Å². The first kappa shape index (κ1) is 14.4. The predicted octanol–water partition coefficient (Wildman–Crippen LogP) is 3.30. The highest BCUT2D eigenvalue weighted by atomic mass is 16.7. The maximum atomic E-state index is 12.6. The van der Waals surface area contributed by atoms with Crippen LogP contribution in [0.4, 0.5) is 0 Å². The van der Waals surface area contributed by atoms with Crippen LogP contribution in [-0.2, 0) is 11.2 Å². The van der Waals surface area contributed by atoms with Gasteiger partial charge in [-0.25, -0.2) is 0 Å². The van der Waals surface area contributed by atoms with Crippen LogP contribution in [0.2, 0.25) is 0 Å². The number of hydrogen-bond donors (Lipinski definition) is 1. The van der Waals surface area contributed by atoms with E-state index >= 15 is 0 Å². The van der Waals surface area contributed by atoms with E-state index < -0.39 is 0 Å². The number of nitrogens with one attached hydrogen (secondary N) is 1. The van der Waals surface area contributed by atoms with Gasteiger partial charge in [-0.15, -0.1) is 0 Å². The summed E-state index contributed by atoms with van der Waals surface area (Å²) in [7, 11) is 0. The Labute approximate surface area is 142 Å². The fraction of sp³-hybridized carbons (Fsp3) is 0.550. The second-order valence-electron chi connectivity index (χ2n) is 7.70. The lowest BCUT2D eigenvalue weighted by molar-refractivity contribution is -0.115. The van der Waals surface area contributed by atoms with Crippen LogP contribution in [-0.4, -0.2) is 19.1 Å². The number of ketones is 1. The molecule has 24 heavy (non-hydrogen) atoms. The first-order chi connectivity index (χ1) is 11.8. The zero-order valence-electron chi connectivity index (χ0n) is 13.8. The molecule has 2 aliphatic heterocycles. The van der Waals surface area contributed by atoms with Gasteiger partial charge in [0, 0.05) is 30.3 Å². The molecule has 0 aromatic heterocycles. The van der Waals surface area contributed by atoms with Crippen LogP contribution in [0.1, 0.15) is 43.2 Å². The number of carbonyl (C=O) groups excluding carboxylic acids is 1. The molecule has 2 saturated carbocycles. The highest BCUT2D eigenvalue weighted by Gasteiger charge is 2.39. The molecule has 5 rings (SSSR count). The Morgan fingerprint density at radius 3 is 2.88 bits per heavy atom. The summed E-state index contributed by atoms with van der Waals surface area (Å²) in [6, 6.07) is 4.08. The molecule has 1 aromatic carbocycles. The van der Waals surface area contributed by atoms with Gasteiger partial charge in [0.15, 0.2) is 17.3 Å². The fourth-order valence-corrected chi connectivity index (χ4v) is 5.10. The third-order valence-electron chi connectivity index (χ3n) is 6.25. The summed E-state index contributed by atoms with van der Waals surface area (Å²) in [5.41, 5.74) is 3.27. The monoisotopic (exact) mass is 325 g/mol. The molecule has 3 atom stereocenters. The number of hydrogen-bond acceptors (Lipinski definition) is 4. The Hall–Kier alpha value is -1.97. The van der Waals surface area contributed by atoms with Gasteiger partial charge in [-0.1, -0.05) is 6.42 Å². The average molecular weight is 325 g/mol. The summed E-state index contributed by atoms with van der Waals surface area (Å²) < 4.78 is 11.0. The molecular weight excluding hydrogens is 302 g/mol. The Kier molecular flexibility index (Phi) is 3.32. The number of allylic oxidation sites excluding steroid dienone is 1. The fourth-order valence-electron chi connectivity index (χ4n) is 5.10. The predicted molar refractivity (Wildman–Crippen MR) is 90.8 cm³/mol. The molecule has 1 N–H and O–H groups in total. The van der Waals surface area contributed by atoms with Gasteiger partial charge in [0.1, 0.15) is 0 Å². The van der Waals surface area contributed by atoms with E-state index in [4.69, 9.17) is 9.47 Å². The number of benzene rings is 1. The zero-order chi connectivity index (χ0) is 16.1. The van der Waals surface area contributed by atoms with Crippen molar-refractivity contribution in [3.8, 4) is 11.5 Å². The zero-order valence-corrected chi connectivity index (χ0v) is 13.8. The summed E-state index contributed by atoms with van der Waals surface area (Å²) in [5, 5.41) is 3.40. The van der Waals surface area contributed by atoms with Crippen LogP contribution in [0.15, 0.2) is 18.2 Å². The van der Waals surface area contributed by atoms with Gasteiger partial charge in [0.05, 0.1) is 0 Å². The van der Waals surface area contributed by atoms with E-state index in [1.807, 2.05) is 12.1 Å². The molecule has 1 aromatic rings. The molecule has 2 aliphatic carbocycles. The van der Waals surface area contributed by atoms with Gasteiger partial charge in [-0.05, 0) is 61.1 Å². The van der Waals surface area contributed by atoms with E-state index in [0.29, 0.717) is 12.3 Å². The van der Waals surface area contributed by atoms with E-state index in [1.165, 1.54) is 31.2 Å². The minimum absolute atomic E-state index is 0.264. The van der Waals surface area contributed by atoms with Crippen molar-refractivity contribution in [1.29, 1.82) is 0 Å². The lowest BCUT2D eigenvalue weighted by Gasteiger charge is -2.23. The third kappa shape index (κ3) is 2.40. The van der Waals surface area contributed by atoms with Gasteiger partial charge in [-0.3, -0.25) is 4.79 Å². The third-order valence-corrected chi connectivity index (χ3v) is 6.25. The maximum Gasteiger partial charge on any atom is 0.231 e. The summed E-state index contributed by atoms with van der Waals surface area (Å²) in [6.45, 7) is 1.15. The van der Waals surface area contributed by atoms with E-state index in [0.717, 1.165) is 47.6 Å². The van der Waals surface area contributed by atoms with Crippen molar-refractivity contribution in [2.45, 2.75) is 38.5 Å². The lowest BCUT2D eigenvalue weighted by Crippen LogP contribution is -2.24. The molecule has 0 unspecified atom stereocenters. The number of rotatable bonds is 3. The largest absolute Gasteiger partial charge is 0.454 e. The topological polar surface area (TPSA) is 47.6 Å². The number of carbonyl (C=O) groups is 1. The molecule has 4 aliphatic rings. The van der Waals surface area contributed by atoms with Crippen molar-refractivity contribution < 1.29 is 14.3 Å². The summed E-state index contributed by atoms with van der Waals surface area (Å²) in [5.74, 6) is 4.19. The van der Waals surface area contributed by atoms with Crippen molar-refractivity contribution >= 4 is 11.5 Å². The van der Waals surface area contributed by atoms with Gasteiger partial charge in [0.2, 0.25) is 6.79 Å². The molecule has 2 fully saturated rings. The van der Waals surface area contributed by atoms with E-state index in [2.05, 4.69) is 11.4 Å². The Balaban J connectivity index is 1.37. The first-order valence-electron chi connectivity index (χ1n) is 9.17. The SMILES string of the molecule is O=C(/C=C1\NCCc2cc3c(cc21)OCO3)C[C@@H]1C[C@H]2CC[C@@H]1C2. The summed E-state index contributed by atoms with van der Waals surface area (Å²) >= 11 is 0. The highest BCUT2D eigenvalue weighted by molar-refractivity contribution is 5.97. The van der Waals surface area contributed by atoms with Gasteiger partial charge in [-0.2, -0.15) is 0 Å². The molecule has 126 valence electrons. The van der Waals surface area contributed by atoms with Crippen LogP contribution in [0.25, 0.3) is 5.70 Å². The van der Waals surface area contributed by atoms with Crippen molar-refractivity contribution in [3.63, 3.8) is 0 Å². The Morgan fingerprint density at radius 1 is 1.21 bits per heavy atom. The Morgan fingerprint density at radius 2 is 2.08 bits per heavy atom. The molecular formula is C20H23NO3. The number of fused-ring (bicyclic) bond motifs is 4. The molecule has 0 spiro atoms. The van der Waals surface area contributed by atoms with Crippen molar-refractivity contribution in [1.82, 2.24) is 5.32 Å². The summed E-state index contributed by atoms with van der Waals surface area (Å²) in [4.78, 5) is 12.6.